The first kappa shape index (κ1) is 22.5. The van der Waals surface area contributed by atoms with Gasteiger partial charge in [0, 0.05) is 11.4 Å². The summed E-state index contributed by atoms with van der Waals surface area (Å²) >= 11 is 1.57. The lowest BCUT2D eigenvalue weighted by Gasteiger charge is -2.19. The van der Waals surface area contributed by atoms with Gasteiger partial charge in [-0.15, -0.1) is 16.9 Å². The maximum atomic E-state index is 12.8. The van der Waals surface area contributed by atoms with E-state index in [0.717, 1.165) is 29.4 Å². The molecule has 1 aliphatic rings. The van der Waals surface area contributed by atoms with E-state index < -0.39 is 0 Å². The van der Waals surface area contributed by atoms with Crippen LogP contribution < -0.4 is 5.32 Å². The Morgan fingerprint density at radius 1 is 0.969 bits per heavy atom. The van der Waals surface area contributed by atoms with Gasteiger partial charge in [0.25, 0.3) is 5.91 Å². The molecule has 1 aromatic heterocycles. The van der Waals surface area contributed by atoms with E-state index in [1.54, 1.807) is 16.4 Å². The first-order chi connectivity index (χ1) is 15.8. The molecule has 4 rings (SSSR count). The van der Waals surface area contributed by atoms with Gasteiger partial charge in [0.05, 0.1) is 17.0 Å². The van der Waals surface area contributed by atoms with Crippen molar-refractivity contribution in [3.8, 4) is 5.69 Å². The van der Waals surface area contributed by atoms with Crippen molar-refractivity contribution in [2.45, 2.75) is 42.8 Å². The monoisotopic (exact) mass is 450 g/mol. The van der Waals surface area contributed by atoms with Gasteiger partial charge in [-0.05, 0) is 73.6 Å². The van der Waals surface area contributed by atoms with Gasteiger partial charge in [-0.1, -0.05) is 43.2 Å². The Hall–Kier alpha value is -2.71. The second-order valence-electron chi connectivity index (χ2n) is 7.99. The van der Waals surface area contributed by atoms with Crippen molar-refractivity contribution in [1.82, 2.24) is 30.4 Å². The van der Waals surface area contributed by atoms with E-state index in [4.69, 9.17) is 0 Å². The zero-order chi connectivity index (χ0) is 22.0. The number of hydrogen-bond donors (Lipinski definition) is 1. The fourth-order valence-electron chi connectivity index (χ4n) is 3.95. The fraction of sp³-hybridized carbons (Fsp3) is 0.417. The molecule has 1 N–H and O–H groups in total. The minimum Gasteiger partial charge on any atom is -0.352 e. The SMILES string of the molecule is O=C(NCCCN1CCCCCC1)c1ccccc1SCc1nnnn1-c1ccccc1. The van der Waals surface area contributed by atoms with Crippen LogP contribution in [0.1, 0.15) is 48.3 Å². The number of likely N-dealkylation sites (tertiary alicyclic amines) is 1. The molecule has 0 radical (unpaired) electrons. The quantitative estimate of drug-likeness (QED) is 0.393. The predicted octanol–water partition coefficient (Wildman–Crippen LogP) is 3.95. The van der Waals surface area contributed by atoms with Crippen LogP contribution in [-0.2, 0) is 5.75 Å². The van der Waals surface area contributed by atoms with Gasteiger partial charge in [-0.25, -0.2) is 0 Å². The maximum Gasteiger partial charge on any atom is 0.252 e. The molecular formula is C24H30N6OS. The topological polar surface area (TPSA) is 75.9 Å². The summed E-state index contributed by atoms with van der Waals surface area (Å²) in [6, 6.07) is 17.5. The first-order valence-corrected chi connectivity index (χ1v) is 12.3. The van der Waals surface area contributed by atoms with E-state index in [0.29, 0.717) is 17.9 Å². The summed E-state index contributed by atoms with van der Waals surface area (Å²) in [5, 5.41) is 15.2. The van der Waals surface area contributed by atoms with Crippen molar-refractivity contribution in [1.29, 1.82) is 0 Å². The molecule has 0 saturated carbocycles. The number of tetrazole rings is 1. The van der Waals surface area contributed by atoms with Crippen molar-refractivity contribution >= 4 is 17.7 Å². The molecule has 0 aliphatic carbocycles. The second kappa shape index (κ2) is 11.8. The number of aromatic nitrogens is 4. The van der Waals surface area contributed by atoms with Crippen molar-refractivity contribution in [3.05, 3.63) is 66.0 Å². The standard InChI is InChI=1S/C24H30N6OS/c31-24(25-15-10-18-29-16-8-1-2-9-17-29)21-13-6-7-14-22(21)32-19-23-26-27-28-30(23)20-11-4-3-5-12-20/h3-7,11-14H,1-2,8-10,15-19H2,(H,25,31). The Morgan fingerprint density at radius 3 is 2.53 bits per heavy atom. The van der Waals surface area contributed by atoms with Crippen LogP contribution in [0.2, 0.25) is 0 Å². The van der Waals surface area contributed by atoms with Gasteiger partial charge in [0.1, 0.15) is 0 Å². The number of amides is 1. The zero-order valence-corrected chi connectivity index (χ0v) is 19.1. The van der Waals surface area contributed by atoms with Crippen LogP contribution in [0, 0.1) is 0 Å². The summed E-state index contributed by atoms with van der Waals surface area (Å²) in [4.78, 5) is 16.3. The Labute approximate surface area is 193 Å². The summed E-state index contributed by atoms with van der Waals surface area (Å²) < 4.78 is 1.73. The van der Waals surface area contributed by atoms with Gasteiger partial charge >= 0.3 is 0 Å². The Balaban J connectivity index is 1.31. The van der Waals surface area contributed by atoms with Gasteiger partial charge in [0.15, 0.2) is 5.82 Å². The molecule has 1 amide bonds. The minimum atomic E-state index is -0.0217. The van der Waals surface area contributed by atoms with Crippen LogP contribution in [0.5, 0.6) is 0 Å². The smallest absolute Gasteiger partial charge is 0.252 e. The molecule has 32 heavy (non-hydrogen) atoms. The van der Waals surface area contributed by atoms with Crippen molar-refractivity contribution < 1.29 is 4.79 Å². The first-order valence-electron chi connectivity index (χ1n) is 11.4. The lowest BCUT2D eigenvalue weighted by molar-refractivity contribution is 0.0948. The number of thioether (sulfide) groups is 1. The molecule has 2 aromatic carbocycles. The van der Waals surface area contributed by atoms with Crippen LogP contribution in [0.25, 0.3) is 5.69 Å². The van der Waals surface area contributed by atoms with E-state index in [1.165, 1.54) is 38.8 Å². The number of nitrogens with one attached hydrogen (secondary N) is 1. The van der Waals surface area contributed by atoms with Gasteiger partial charge in [0.2, 0.25) is 0 Å². The highest BCUT2D eigenvalue weighted by Gasteiger charge is 2.14. The Kier molecular flexibility index (Phi) is 8.28. The highest BCUT2D eigenvalue weighted by atomic mass is 32.2. The van der Waals surface area contributed by atoms with Crippen molar-refractivity contribution in [2.24, 2.45) is 0 Å². The number of para-hydroxylation sites is 1. The van der Waals surface area contributed by atoms with E-state index in [1.807, 2.05) is 54.6 Å². The van der Waals surface area contributed by atoms with Crippen LogP contribution in [-0.4, -0.2) is 57.2 Å². The van der Waals surface area contributed by atoms with E-state index >= 15 is 0 Å². The zero-order valence-electron chi connectivity index (χ0n) is 18.3. The molecule has 0 spiro atoms. The average molecular weight is 451 g/mol. The second-order valence-corrected chi connectivity index (χ2v) is 9.01. The van der Waals surface area contributed by atoms with Crippen LogP contribution in [0.15, 0.2) is 59.5 Å². The normalized spacial score (nSPS) is 14.8. The Morgan fingerprint density at radius 2 is 1.72 bits per heavy atom. The Bertz CT molecular complexity index is 985. The molecule has 1 aliphatic heterocycles. The van der Waals surface area contributed by atoms with E-state index in [2.05, 4.69) is 25.7 Å². The highest BCUT2D eigenvalue weighted by molar-refractivity contribution is 7.98. The summed E-state index contributed by atoms with van der Waals surface area (Å²) in [5.41, 5.74) is 1.62. The molecule has 168 valence electrons. The van der Waals surface area contributed by atoms with Crippen LogP contribution in [0.4, 0.5) is 0 Å². The predicted molar refractivity (Wildman–Crippen MR) is 127 cm³/mol. The molecule has 0 bridgehead atoms. The van der Waals surface area contributed by atoms with Gasteiger partial charge < -0.3 is 10.2 Å². The van der Waals surface area contributed by atoms with E-state index in [9.17, 15) is 4.79 Å². The molecule has 3 aromatic rings. The summed E-state index contributed by atoms with van der Waals surface area (Å²) in [7, 11) is 0. The fourth-order valence-corrected chi connectivity index (χ4v) is 4.90. The summed E-state index contributed by atoms with van der Waals surface area (Å²) in [6.45, 7) is 4.13. The van der Waals surface area contributed by atoms with E-state index in [-0.39, 0.29) is 5.91 Å². The number of carbonyl (C=O) groups is 1. The number of nitrogens with zero attached hydrogens (tertiary/aromatic N) is 5. The summed E-state index contributed by atoms with van der Waals surface area (Å²) in [5.74, 6) is 1.29. The van der Waals surface area contributed by atoms with Crippen molar-refractivity contribution in [3.63, 3.8) is 0 Å². The maximum absolute atomic E-state index is 12.8. The van der Waals surface area contributed by atoms with Crippen molar-refractivity contribution in [2.75, 3.05) is 26.2 Å². The molecule has 0 unspecified atom stereocenters. The molecular weight excluding hydrogens is 420 g/mol. The molecule has 2 heterocycles. The molecule has 1 fully saturated rings. The third-order valence-electron chi connectivity index (χ3n) is 5.66. The number of hydrogen-bond acceptors (Lipinski definition) is 6. The van der Waals surface area contributed by atoms with Gasteiger partial charge in [-0.3, -0.25) is 4.79 Å². The molecule has 1 saturated heterocycles. The largest absolute Gasteiger partial charge is 0.352 e. The average Bonchev–Trinajstić information content (AvgIpc) is 3.16. The van der Waals surface area contributed by atoms with Crippen LogP contribution in [0.3, 0.4) is 0 Å². The van der Waals surface area contributed by atoms with Crippen LogP contribution >= 0.6 is 11.8 Å². The highest BCUT2D eigenvalue weighted by Crippen LogP contribution is 2.26. The number of rotatable bonds is 9. The summed E-state index contributed by atoms with van der Waals surface area (Å²) in [6.07, 6.45) is 6.26. The molecule has 8 heteroatoms. The third-order valence-corrected chi connectivity index (χ3v) is 6.73. The lowest BCUT2D eigenvalue weighted by atomic mass is 10.2. The van der Waals surface area contributed by atoms with Gasteiger partial charge in [-0.2, -0.15) is 4.68 Å². The number of carbonyl (C=O) groups excluding carboxylic acids is 1. The number of benzene rings is 2. The third kappa shape index (κ3) is 6.17. The molecule has 0 atom stereocenters. The molecule has 7 nitrogen and oxygen atoms in total. The minimum absolute atomic E-state index is 0.0217. The lowest BCUT2D eigenvalue weighted by Crippen LogP contribution is -2.30.